The molecule has 142 valence electrons. The molecule has 1 aromatic heterocycles. The molecule has 6 heteroatoms. The van der Waals surface area contributed by atoms with Crippen LogP contribution in [0.2, 0.25) is 0 Å². The van der Waals surface area contributed by atoms with E-state index in [1.807, 2.05) is 43.1 Å². The van der Waals surface area contributed by atoms with E-state index < -0.39 is 0 Å². The number of hydrogen-bond acceptors (Lipinski definition) is 6. The molecular formula is C21H25N3O2S. The van der Waals surface area contributed by atoms with Crippen LogP contribution < -0.4 is 9.47 Å². The van der Waals surface area contributed by atoms with E-state index in [1.54, 1.807) is 14.2 Å². The van der Waals surface area contributed by atoms with E-state index >= 15 is 0 Å². The maximum Gasteiger partial charge on any atom is 0.160 e. The summed E-state index contributed by atoms with van der Waals surface area (Å²) >= 11 is 1.85. The van der Waals surface area contributed by atoms with Gasteiger partial charge in [0.2, 0.25) is 0 Å². The molecule has 0 aliphatic carbocycles. The summed E-state index contributed by atoms with van der Waals surface area (Å²) in [7, 11) is 3.42. The molecule has 1 saturated heterocycles. The molecular weight excluding hydrogens is 358 g/mol. The van der Waals surface area contributed by atoms with Gasteiger partial charge >= 0.3 is 0 Å². The number of rotatable bonds is 5. The second-order valence-electron chi connectivity index (χ2n) is 6.85. The van der Waals surface area contributed by atoms with Gasteiger partial charge in [-0.15, -0.1) is 0 Å². The second kappa shape index (κ2) is 7.43. The lowest BCUT2D eigenvalue weighted by molar-refractivity contribution is 0.248. The summed E-state index contributed by atoms with van der Waals surface area (Å²) in [6, 6.07) is 10.7. The van der Waals surface area contributed by atoms with Crippen LogP contribution in [0.1, 0.15) is 42.2 Å². The number of methoxy groups -OCH3 is 2. The molecule has 0 amide bonds. The fraction of sp³-hybridized carbons (Fsp3) is 0.429. The molecule has 0 N–H and O–H groups in total. The van der Waals surface area contributed by atoms with Crippen molar-refractivity contribution >= 4 is 16.9 Å². The Kier molecular flexibility index (Phi) is 5.00. The Hall–Kier alpha value is -2.21. The lowest BCUT2D eigenvalue weighted by atomic mass is 9.93. The normalized spacial score (nSPS) is 23.9. The highest BCUT2D eigenvalue weighted by molar-refractivity contribution is 8.14. The Balaban J connectivity index is 1.86. The minimum atomic E-state index is -0.0373. The van der Waals surface area contributed by atoms with Crippen molar-refractivity contribution in [2.45, 2.75) is 38.4 Å². The van der Waals surface area contributed by atoms with Gasteiger partial charge in [0.05, 0.1) is 26.0 Å². The molecule has 0 bridgehead atoms. The molecule has 0 saturated carbocycles. The summed E-state index contributed by atoms with van der Waals surface area (Å²) in [6.07, 6.45) is 2.94. The number of pyridine rings is 1. The molecule has 0 radical (unpaired) electrons. The van der Waals surface area contributed by atoms with Crippen LogP contribution in [0.25, 0.3) is 0 Å². The van der Waals surface area contributed by atoms with Crippen LogP contribution in [0.15, 0.2) is 41.5 Å². The number of nitrogens with zero attached hydrogens (tertiary/aromatic N) is 3. The van der Waals surface area contributed by atoms with Gasteiger partial charge in [0.25, 0.3) is 0 Å². The van der Waals surface area contributed by atoms with E-state index in [1.165, 1.54) is 0 Å². The van der Waals surface area contributed by atoms with Crippen molar-refractivity contribution in [1.82, 2.24) is 9.88 Å². The van der Waals surface area contributed by atoms with Crippen molar-refractivity contribution in [1.29, 1.82) is 0 Å². The highest BCUT2D eigenvalue weighted by Gasteiger charge is 2.46. The van der Waals surface area contributed by atoms with Gasteiger partial charge in [-0.25, -0.2) is 0 Å². The molecule has 5 nitrogen and oxygen atoms in total. The lowest BCUT2D eigenvalue weighted by Gasteiger charge is -2.33. The van der Waals surface area contributed by atoms with Crippen molar-refractivity contribution in [2.24, 2.45) is 4.99 Å². The fourth-order valence-corrected chi connectivity index (χ4v) is 5.44. The molecule has 1 aromatic carbocycles. The van der Waals surface area contributed by atoms with Gasteiger partial charge in [0.15, 0.2) is 5.17 Å². The zero-order valence-corrected chi connectivity index (χ0v) is 17.0. The van der Waals surface area contributed by atoms with Gasteiger partial charge in [-0.2, -0.15) is 0 Å². The summed E-state index contributed by atoms with van der Waals surface area (Å²) < 4.78 is 11.4. The van der Waals surface area contributed by atoms with E-state index in [9.17, 15) is 0 Å². The van der Waals surface area contributed by atoms with Crippen molar-refractivity contribution in [3.05, 3.63) is 53.3 Å². The lowest BCUT2D eigenvalue weighted by Crippen LogP contribution is -2.35. The molecule has 2 aliphatic heterocycles. The zero-order valence-electron chi connectivity index (χ0n) is 16.2. The standard InChI is InChI=1S/C21H25N3O2S/c1-5-14-12-27-21-23-18(16-8-6-7-11-22-16)19(24(14)21)15-9-10-17(25-3)13(2)20(15)26-4/h6-11,14,18-19H,5,12H2,1-4H3/t14-,18-,19-/m1/s1. The number of thioether (sulfide) groups is 1. The predicted molar refractivity (Wildman–Crippen MR) is 110 cm³/mol. The number of fused-ring (bicyclic) bond motifs is 1. The number of ether oxygens (including phenoxy) is 2. The summed E-state index contributed by atoms with van der Waals surface area (Å²) in [5.41, 5.74) is 3.16. The van der Waals surface area contributed by atoms with Crippen molar-refractivity contribution < 1.29 is 9.47 Å². The van der Waals surface area contributed by atoms with Crippen LogP contribution in [0.3, 0.4) is 0 Å². The van der Waals surface area contributed by atoms with Crippen LogP contribution >= 0.6 is 11.8 Å². The zero-order chi connectivity index (χ0) is 19.0. The van der Waals surface area contributed by atoms with Gasteiger partial charge in [0.1, 0.15) is 17.5 Å². The predicted octanol–water partition coefficient (Wildman–Crippen LogP) is 4.39. The van der Waals surface area contributed by atoms with Crippen LogP contribution in [-0.2, 0) is 0 Å². The minimum Gasteiger partial charge on any atom is -0.496 e. The smallest absolute Gasteiger partial charge is 0.160 e. The molecule has 0 spiro atoms. The summed E-state index contributed by atoms with van der Waals surface area (Å²) in [5, 5.41) is 1.12. The number of aliphatic imine (C=N–C) groups is 1. The van der Waals surface area contributed by atoms with Gasteiger partial charge in [-0.3, -0.25) is 9.98 Å². The van der Waals surface area contributed by atoms with Gasteiger partial charge in [-0.05, 0) is 37.6 Å². The topological polar surface area (TPSA) is 47.0 Å². The molecule has 27 heavy (non-hydrogen) atoms. The molecule has 4 rings (SSSR count). The summed E-state index contributed by atoms with van der Waals surface area (Å²) in [4.78, 5) is 12.2. The Morgan fingerprint density at radius 1 is 1.19 bits per heavy atom. The van der Waals surface area contributed by atoms with E-state index in [4.69, 9.17) is 14.5 Å². The molecule has 3 atom stereocenters. The number of aromatic nitrogens is 1. The summed E-state index contributed by atoms with van der Waals surface area (Å²) in [6.45, 7) is 4.29. The van der Waals surface area contributed by atoms with Crippen LogP contribution in [0.5, 0.6) is 11.5 Å². The molecule has 2 aromatic rings. The highest BCUT2D eigenvalue weighted by Crippen LogP contribution is 2.51. The monoisotopic (exact) mass is 383 g/mol. The first-order valence-corrected chi connectivity index (χ1v) is 10.3. The van der Waals surface area contributed by atoms with E-state index in [2.05, 4.69) is 28.9 Å². The highest BCUT2D eigenvalue weighted by atomic mass is 32.2. The molecule has 0 unspecified atom stereocenters. The molecule has 3 heterocycles. The third-order valence-corrected chi connectivity index (χ3v) is 6.58. The molecule has 1 fully saturated rings. The third kappa shape index (κ3) is 2.96. The van der Waals surface area contributed by atoms with Crippen molar-refractivity contribution in [2.75, 3.05) is 20.0 Å². The first-order valence-electron chi connectivity index (χ1n) is 9.30. The summed E-state index contributed by atoms with van der Waals surface area (Å²) in [5.74, 6) is 2.80. The van der Waals surface area contributed by atoms with Gasteiger partial charge in [0, 0.05) is 29.1 Å². The average Bonchev–Trinajstić information content (AvgIpc) is 3.27. The van der Waals surface area contributed by atoms with Crippen molar-refractivity contribution in [3.8, 4) is 11.5 Å². The van der Waals surface area contributed by atoms with Crippen molar-refractivity contribution in [3.63, 3.8) is 0 Å². The van der Waals surface area contributed by atoms with Crippen LogP contribution in [0, 0.1) is 6.92 Å². The van der Waals surface area contributed by atoms with Gasteiger partial charge in [-0.1, -0.05) is 24.8 Å². The third-order valence-electron chi connectivity index (χ3n) is 5.46. The SMILES string of the molecule is CC[C@@H]1CSC2=N[C@H](c3ccccn3)[C@@H](c3ccc(OC)c(C)c3OC)N21. The van der Waals surface area contributed by atoms with E-state index in [0.717, 1.165) is 45.7 Å². The largest absolute Gasteiger partial charge is 0.496 e. The average molecular weight is 384 g/mol. The quantitative estimate of drug-likeness (QED) is 0.766. The molecule has 2 aliphatic rings. The fourth-order valence-electron chi connectivity index (χ4n) is 4.11. The number of hydrogen-bond donors (Lipinski definition) is 0. The van der Waals surface area contributed by atoms with E-state index in [-0.39, 0.29) is 12.1 Å². The number of benzene rings is 1. The Bertz CT molecular complexity index is 856. The van der Waals surface area contributed by atoms with E-state index in [0.29, 0.717) is 6.04 Å². The Morgan fingerprint density at radius 3 is 2.70 bits per heavy atom. The number of amidine groups is 1. The minimum absolute atomic E-state index is 0.0373. The maximum absolute atomic E-state index is 5.85. The van der Waals surface area contributed by atoms with Crippen LogP contribution in [0.4, 0.5) is 0 Å². The Morgan fingerprint density at radius 2 is 2.04 bits per heavy atom. The Labute approximate surface area is 164 Å². The first kappa shape index (κ1) is 18.2. The van der Waals surface area contributed by atoms with Crippen LogP contribution in [-0.4, -0.2) is 41.1 Å². The van der Waals surface area contributed by atoms with Gasteiger partial charge < -0.3 is 14.4 Å². The maximum atomic E-state index is 5.85. The first-order chi connectivity index (χ1) is 13.2. The second-order valence-corrected chi connectivity index (χ2v) is 7.84.